The molecule has 2 rings (SSSR count). The molecular formula is C13H18F2N2O. The van der Waals surface area contributed by atoms with Gasteiger partial charge in [0.25, 0.3) is 0 Å². The molecule has 0 bridgehead atoms. The van der Waals surface area contributed by atoms with E-state index >= 15 is 0 Å². The van der Waals surface area contributed by atoms with Crippen LogP contribution in [0.3, 0.4) is 0 Å². The first kappa shape index (κ1) is 13.1. The number of nitrogens with one attached hydrogen (secondary N) is 1. The summed E-state index contributed by atoms with van der Waals surface area (Å²) in [6, 6.07) is 2.41. The Morgan fingerprint density at radius 2 is 2.11 bits per heavy atom. The van der Waals surface area contributed by atoms with E-state index in [-0.39, 0.29) is 29.9 Å². The minimum atomic E-state index is -0.930. The van der Waals surface area contributed by atoms with Crippen molar-refractivity contribution in [3.05, 3.63) is 23.8 Å². The molecule has 0 spiro atoms. The van der Waals surface area contributed by atoms with Gasteiger partial charge in [0.1, 0.15) is 0 Å². The van der Waals surface area contributed by atoms with Crippen LogP contribution in [0.5, 0.6) is 0 Å². The van der Waals surface area contributed by atoms with Crippen molar-refractivity contribution in [2.45, 2.75) is 31.7 Å². The first-order valence-electron chi connectivity index (χ1n) is 6.22. The molecule has 5 heteroatoms. The standard InChI is InChI=1S/C13H18F2N2O/c14-10-4-5-11(16)13(12(10)15)17-9-3-1-2-8(6-9)7-18/h4-5,8-9,17-18H,1-3,6-7,16H2. The lowest BCUT2D eigenvalue weighted by Gasteiger charge is -2.29. The van der Waals surface area contributed by atoms with Crippen molar-refractivity contribution in [1.82, 2.24) is 0 Å². The molecule has 1 aromatic rings. The Labute approximate surface area is 105 Å². The van der Waals surface area contributed by atoms with Gasteiger partial charge in [-0.2, -0.15) is 0 Å². The molecule has 0 saturated heterocycles. The number of hydrogen-bond acceptors (Lipinski definition) is 3. The molecule has 0 aliphatic heterocycles. The molecule has 4 N–H and O–H groups in total. The van der Waals surface area contributed by atoms with Gasteiger partial charge >= 0.3 is 0 Å². The average molecular weight is 256 g/mol. The highest BCUT2D eigenvalue weighted by Gasteiger charge is 2.23. The second-order valence-electron chi connectivity index (χ2n) is 4.88. The monoisotopic (exact) mass is 256 g/mol. The molecule has 3 nitrogen and oxygen atoms in total. The van der Waals surface area contributed by atoms with Gasteiger partial charge in [-0.25, -0.2) is 8.78 Å². The van der Waals surface area contributed by atoms with Crippen molar-refractivity contribution in [2.75, 3.05) is 17.7 Å². The van der Waals surface area contributed by atoms with Gasteiger partial charge in [0, 0.05) is 12.6 Å². The van der Waals surface area contributed by atoms with Crippen molar-refractivity contribution >= 4 is 11.4 Å². The summed E-state index contributed by atoms with van der Waals surface area (Å²) < 4.78 is 26.8. The van der Waals surface area contributed by atoms with E-state index in [2.05, 4.69) is 5.32 Å². The Morgan fingerprint density at radius 3 is 2.83 bits per heavy atom. The topological polar surface area (TPSA) is 58.3 Å². The highest BCUT2D eigenvalue weighted by atomic mass is 19.2. The van der Waals surface area contributed by atoms with Crippen LogP contribution >= 0.6 is 0 Å². The van der Waals surface area contributed by atoms with Gasteiger partial charge in [-0.3, -0.25) is 0 Å². The first-order chi connectivity index (χ1) is 8.61. The lowest BCUT2D eigenvalue weighted by molar-refractivity contribution is 0.184. The summed E-state index contributed by atoms with van der Waals surface area (Å²) in [4.78, 5) is 0. The quantitative estimate of drug-likeness (QED) is 0.728. The van der Waals surface area contributed by atoms with Gasteiger partial charge in [0.15, 0.2) is 11.6 Å². The van der Waals surface area contributed by atoms with Gasteiger partial charge in [0.05, 0.1) is 11.4 Å². The zero-order valence-corrected chi connectivity index (χ0v) is 10.1. The van der Waals surface area contributed by atoms with Crippen molar-refractivity contribution in [1.29, 1.82) is 0 Å². The molecule has 0 heterocycles. The maximum atomic E-state index is 13.6. The van der Waals surface area contributed by atoms with Crippen LogP contribution in [-0.4, -0.2) is 17.8 Å². The van der Waals surface area contributed by atoms with E-state index < -0.39 is 11.6 Å². The fraction of sp³-hybridized carbons (Fsp3) is 0.538. The second-order valence-corrected chi connectivity index (χ2v) is 4.88. The van der Waals surface area contributed by atoms with E-state index in [1.165, 1.54) is 6.07 Å². The van der Waals surface area contributed by atoms with E-state index in [1.807, 2.05) is 0 Å². The summed E-state index contributed by atoms with van der Waals surface area (Å²) in [6.45, 7) is 0.138. The third-order valence-corrected chi connectivity index (χ3v) is 3.52. The predicted molar refractivity (Wildman–Crippen MR) is 67.2 cm³/mol. The molecule has 1 saturated carbocycles. The molecule has 1 fully saturated rings. The van der Waals surface area contributed by atoms with E-state index in [1.54, 1.807) is 0 Å². The molecule has 0 radical (unpaired) electrons. The van der Waals surface area contributed by atoms with Crippen LogP contribution < -0.4 is 11.1 Å². The zero-order valence-electron chi connectivity index (χ0n) is 10.1. The number of hydrogen-bond donors (Lipinski definition) is 3. The van der Waals surface area contributed by atoms with Gasteiger partial charge in [-0.1, -0.05) is 6.42 Å². The Balaban J connectivity index is 2.11. The summed E-state index contributed by atoms with van der Waals surface area (Å²) >= 11 is 0. The van der Waals surface area contributed by atoms with Crippen LogP contribution in [0.4, 0.5) is 20.2 Å². The van der Waals surface area contributed by atoms with Gasteiger partial charge in [-0.05, 0) is 37.3 Å². The minimum absolute atomic E-state index is 0.0366. The number of benzene rings is 1. The fourth-order valence-electron chi connectivity index (χ4n) is 2.50. The summed E-state index contributed by atoms with van der Waals surface area (Å²) in [5.41, 5.74) is 5.90. The smallest absolute Gasteiger partial charge is 0.183 e. The number of aliphatic hydroxyl groups is 1. The van der Waals surface area contributed by atoms with Crippen LogP contribution in [0.2, 0.25) is 0 Å². The summed E-state index contributed by atoms with van der Waals surface area (Å²) in [5.74, 6) is -1.60. The zero-order chi connectivity index (χ0) is 13.1. The third-order valence-electron chi connectivity index (χ3n) is 3.52. The van der Waals surface area contributed by atoms with Crippen LogP contribution in [0.25, 0.3) is 0 Å². The Kier molecular flexibility index (Phi) is 4.01. The highest BCUT2D eigenvalue weighted by molar-refractivity contribution is 5.67. The van der Waals surface area contributed by atoms with Crippen LogP contribution in [-0.2, 0) is 0 Å². The van der Waals surface area contributed by atoms with Crippen molar-refractivity contribution in [2.24, 2.45) is 5.92 Å². The van der Waals surface area contributed by atoms with Gasteiger partial charge < -0.3 is 16.2 Å². The molecule has 100 valence electrons. The highest BCUT2D eigenvalue weighted by Crippen LogP contribution is 2.30. The maximum absolute atomic E-state index is 13.6. The SMILES string of the molecule is Nc1ccc(F)c(F)c1NC1CCCC(CO)C1. The predicted octanol–water partition coefficient (Wildman–Crippen LogP) is 2.51. The number of nitrogen functional groups attached to an aromatic ring is 1. The van der Waals surface area contributed by atoms with E-state index in [4.69, 9.17) is 10.8 Å². The molecular weight excluding hydrogens is 238 g/mol. The summed E-state index contributed by atoms with van der Waals surface area (Å²) in [7, 11) is 0. The number of nitrogens with two attached hydrogens (primary N) is 1. The third kappa shape index (κ3) is 2.72. The van der Waals surface area contributed by atoms with Crippen molar-refractivity contribution < 1.29 is 13.9 Å². The fourth-order valence-corrected chi connectivity index (χ4v) is 2.50. The second kappa shape index (κ2) is 5.52. The number of rotatable bonds is 3. The first-order valence-corrected chi connectivity index (χ1v) is 6.22. The van der Waals surface area contributed by atoms with Crippen molar-refractivity contribution in [3.63, 3.8) is 0 Å². The van der Waals surface area contributed by atoms with Gasteiger partial charge in [0.2, 0.25) is 0 Å². The Hall–Kier alpha value is -1.36. The molecule has 0 amide bonds. The Morgan fingerprint density at radius 1 is 1.33 bits per heavy atom. The average Bonchev–Trinajstić information content (AvgIpc) is 2.39. The molecule has 1 aliphatic carbocycles. The summed E-state index contributed by atoms with van der Waals surface area (Å²) in [5, 5.41) is 12.1. The van der Waals surface area contributed by atoms with Crippen LogP contribution in [0.15, 0.2) is 12.1 Å². The van der Waals surface area contributed by atoms with Crippen LogP contribution in [0, 0.1) is 17.6 Å². The molecule has 1 aromatic carbocycles. The molecule has 2 atom stereocenters. The lowest BCUT2D eigenvalue weighted by Crippen LogP contribution is -2.29. The normalized spacial score (nSPS) is 23.9. The lowest BCUT2D eigenvalue weighted by atomic mass is 9.86. The molecule has 2 unspecified atom stereocenters. The number of anilines is 2. The van der Waals surface area contributed by atoms with E-state index in [9.17, 15) is 8.78 Å². The summed E-state index contributed by atoms with van der Waals surface area (Å²) in [6.07, 6.45) is 3.59. The van der Waals surface area contributed by atoms with Gasteiger partial charge in [-0.15, -0.1) is 0 Å². The number of halogens is 2. The maximum Gasteiger partial charge on any atom is 0.183 e. The van der Waals surface area contributed by atoms with Crippen LogP contribution in [0.1, 0.15) is 25.7 Å². The van der Waals surface area contributed by atoms with E-state index in [0.717, 1.165) is 31.7 Å². The molecule has 1 aliphatic rings. The molecule has 18 heavy (non-hydrogen) atoms. The van der Waals surface area contributed by atoms with E-state index in [0.29, 0.717) is 0 Å². The molecule has 0 aromatic heterocycles. The largest absolute Gasteiger partial charge is 0.397 e. The Bertz CT molecular complexity index is 426. The minimum Gasteiger partial charge on any atom is -0.397 e. The number of aliphatic hydroxyl groups excluding tert-OH is 1. The van der Waals surface area contributed by atoms with Crippen molar-refractivity contribution in [3.8, 4) is 0 Å².